The summed E-state index contributed by atoms with van der Waals surface area (Å²) in [6, 6.07) is 3.46. The number of hydrogen-bond acceptors (Lipinski definition) is 4. The van der Waals surface area contributed by atoms with Crippen molar-refractivity contribution in [3.63, 3.8) is 0 Å². The summed E-state index contributed by atoms with van der Waals surface area (Å²) in [5.74, 6) is 0.568. The maximum absolute atomic E-state index is 13.0. The van der Waals surface area contributed by atoms with Gasteiger partial charge in [-0.05, 0) is 41.9 Å². The molecule has 2 amide bonds. The van der Waals surface area contributed by atoms with Crippen LogP contribution >= 0.6 is 0 Å². The summed E-state index contributed by atoms with van der Waals surface area (Å²) < 4.78 is 23.9. The van der Waals surface area contributed by atoms with Crippen LogP contribution in [0.25, 0.3) is 0 Å². The van der Waals surface area contributed by atoms with E-state index in [2.05, 4.69) is 34.7 Å². The Bertz CT molecular complexity index is 1050. The van der Waals surface area contributed by atoms with Gasteiger partial charge in [-0.2, -0.15) is 5.10 Å². The first-order valence-corrected chi connectivity index (χ1v) is 11.1. The fourth-order valence-corrected chi connectivity index (χ4v) is 4.86. The van der Waals surface area contributed by atoms with E-state index in [1.54, 1.807) is 4.68 Å². The highest BCUT2D eigenvalue weighted by molar-refractivity contribution is 7.91. The molecule has 1 aromatic carbocycles. The molecule has 1 unspecified atom stereocenters. The molecule has 2 aromatic rings. The van der Waals surface area contributed by atoms with Gasteiger partial charge in [0.1, 0.15) is 4.90 Å². The average Bonchev–Trinajstić information content (AvgIpc) is 3.28. The number of nitrogens with two attached hydrogens (primary N) is 1. The summed E-state index contributed by atoms with van der Waals surface area (Å²) in [6.45, 7) is 5.30. The standard InChI is InChI=1S/C19H25N5O3S/c1-12(2)14-8-7-13-5-3-6-15(13)17(14)22-19(25)23-28(20,26)16-11-21-24-9-4-10-27-18(16)24/h7-8,11-12H,3-6,9-10H2,1-2H3,(H3,20,22,23,25,26). The zero-order valence-corrected chi connectivity index (χ0v) is 16.9. The summed E-state index contributed by atoms with van der Waals surface area (Å²) in [6.07, 6.45) is 5.16. The number of urea groups is 1. The Morgan fingerprint density at radius 1 is 1.36 bits per heavy atom. The Labute approximate surface area is 164 Å². The van der Waals surface area contributed by atoms with Gasteiger partial charge in [-0.25, -0.2) is 18.8 Å². The maximum atomic E-state index is 13.0. The highest BCUT2D eigenvalue weighted by Gasteiger charge is 2.25. The molecule has 1 aliphatic heterocycles. The van der Waals surface area contributed by atoms with E-state index in [0.717, 1.165) is 42.5 Å². The van der Waals surface area contributed by atoms with E-state index in [9.17, 15) is 9.00 Å². The minimum Gasteiger partial charge on any atom is -0.477 e. The lowest BCUT2D eigenvalue weighted by Gasteiger charge is -2.18. The van der Waals surface area contributed by atoms with E-state index in [0.29, 0.717) is 19.0 Å². The third kappa shape index (κ3) is 3.40. The van der Waals surface area contributed by atoms with Crippen LogP contribution in [0.1, 0.15) is 49.3 Å². The number of carbonyl (C=O) groups excluding carboxylic acids is 1. The second-order valence-corrected chi connectivity index (χ2v) is 9.26. The van der Waals surface area contributed by atoms with E-state index >= 15 is 0 Å². The highest BCUT2D eigenvalue weighted by atomic mass is 32.2. The Balaban J connectivity index is 1.67. The second kappa shape index (κ2) is 7.21. The molecule has 9 heteroatoms. The van der Waals surface area contributed by atoms with E-state index in [-0.39, 0.29) is 10.8 Å². The van der Waals surface area contributed by atoms with Crippen LogP contribution in [-0.4, -0.2) is 26.6 Å². The molecule has 0 spiro atoms. The largest absolute Gasteiger partial charge is 0.477 e. The van der Waals surface area contributed by atoms with Crippen molar-refractivity contribution in [2.45, 2.75) is 56.9 Å². The van der Waals surface area contributed by atoms with Gasteiger partial charge >= 0.3 is 6.03 Å². The number of ether oxygens (including phenoxy) is 1. The van der Waals surface area contributed by atoms with Gasteiger partial charge in [0.2, 0.25) is 5.88 Å². The van der Waals surface area contributed by atoms with E-state index in [1.165, 1.54) is 11.8 Å². The smallest absolute Gasteiger partial charge is 0.354 e. The first-order chi connectivity index (χ1) is 13.4. The lowest BCUT2D eigenvalue weighted by molar-refractivity contribution is 0.224. The van der Waals surface area contributed by atoms with E-state index < -0.39 is 15.9 Å². The van der Waals surface area contributed by atoms with Crippen LogP contribution in [0.3, 0.4) is 0 Å². The lowest BCUT2D eigenvalue weighted by Crippen LogP contribution is -2.21. The van der Waals surface area contributed by atoms with Crippen LogP contribution in [-0.2, 0) is 29.3 Å². The molecule has 0 saturated carbocycles. The highest BCUT2D eigenvalue weighted by Crippen LogP contribution is 2.35. The number of benzene rings is 1. The fourth-order valence-electron chi connectivity index (χ4n) is 3.86. The molecule has 28 heavy (non-hydrogen) atoms. The Kier molecular flexibility index (Phi) is 4.88. The number of fused-ring (bicyclic) bond motifs is 2. The Morgan fingerprint density at radius 3 is 2.96 bits per heavy atom. The zero-order chi connectivity index (χ0) is 19.9. The Hall–Kier alpha value is -2.39. The van der Waals surface area contributed by atoms with Crippen LogP contribution in [0.5, 0.6) is 5.88 Å². The first kappa shape index (κ1) is 18.9. The molecular weight excluding hydrogens is 378 g/mol. The van der Waals surface area contributed by atoms with Crippen LogP contribution < -0.4 is 15.2 Å². The van der Waals surface area contributed by atoms with Crippen LogP contribution in [0, 0.1) is 0 Å². The van der Waals surface area contributed by atoms with Crippen LogP contribution in [0.4, 0.5) is 10.5 Å². The number of nitrogens with zero attached hydrogens (tertiary/aromatic N) is 3. The summed E-state index contributed by atoms with van der Waals surface area (Å²) in [4.78, 5) is 12.8. The number of hydrogen-bond donors (Lipinski definition) is 2. The molecule has 0 saturated heterocycles. The van der Waals surface area contributed by atoms with Crippen molar-refractivity contribution in [1.29, 1.82) is 0 Å². The molecule has 2 heterocycles. The molecule has 1 atom stereocenters. The number of amides is 2. The van der Waals surface area contributed by atoms with Crippen molar-refractivity contribution >= 4 is 21.6 Å². The molecular formula is C19H25N5O3S. The summed E-state index contributed by atoms with van der Waals surface area (Å²) in [5.41, 5.74) is 4.21. The third-order valence-corrected chi connectivity index (χ3v) is 6.56. The molecule has 0 bridgehead atoms. The topological polar surface area (TPSA) is 112 Å². The van der Waals surface area contributed by atoms with Crippen molar-refractivity contribution < 1.29 is 13.7 Å². The SMILES string of the molecule is CC(C)c1ccc2c(c1NC(=O)N=S(N)(=O)c1cnn3c1OCCC3)CCC2. The molecule has 0 fully saturated rings. The molecule has 1 aromatic heterocycles. The van der Waals surface area contributed by atoms with Gasteiger partial charge in [0.25, 0.3) is 0 Å². The molecule has 2 aliphatic rings. The average molecular weight is 404 g/mol. The van der Waals surface area contributed by atoms with Crippen molar-refractivity contribution in [2.75, 3.05) is 11.9 Å². The number of aromatic nitrogens is 2. The van der Waals surface area contributed by atoms with E-state index in [4.69, 9.17) is 9.88 Å². The predicted octanol–water partition coefficient (Wildman–Crippen LogP) is 3.21. The summed E-state index contributed by atoms with van der Waals surface area (Å²) in [5, 5.41) is 12.9. The monoisotopic (exact) mass is 403 g/mol. The minimum absolute atomic E-state index is 0.157. The maximum Gasteiger partial charge on any atom is 0.354 e. The van der Waals surface area contributed by atoms with Crippen molar-refractivity contribution in [3.8, 4) is 5.88 Å². The molecule has 1 aliphatic carbocycles. The van der Waals surface area contributed by atoms with Gasteiger partial charge in [-0.15, -0.1) is 4.36 Å². The van der Waals surface area contributed by atoms with Gasteiger partial charge in [0.15, 0.2) is 9.92 Å². The third-order valence-electron chi connectivity index (χ3n) is 5.22. The van der Waals surface area contributed by atoms with Crippen molar-refractivity contribution in [3.05, 3.63) is 35.0 Å². The molecule has 4 rings (SSSR count). The fraction of sp³-hybridized carbons (Fsp3) is 0.474. The number of nitrogens with one attached hydrogen (secondary N) is 1. The quantitative estimate of drug-likeness (QED) is 0.819. The zero-order valence-electron chi connectivity index (χ0n) is 16.1. The van der Waals surface area contributed by atoms with Gasteiger partial charge in [-0.3, -0.25) is 0 Å². The number of rotatable bonds is 3. The number of carbonyl (C=O) groups is 1. The van der Waals surface area contributed by atoms with Gasteiger partial charge in [0, 0.05) is 18.7 Å². The minimum atomic E-state index is -3.47. The van der Waals surface area contributed by atoms with Crippen LogP contribution in [0.2, 0.25) is 0 Å². The Morgan fingerprint density at radius 2 is 2.18 bits per heavy atom. The first-order valence-electron chi connectivity index (χ1n) is 9.56. The number of anilines is 1. The molecule has 150 valence electrons. The van der Waals surface area contributed by atoms with Crippen LogP contribution in [0.15, 0.2) is 27.6 Å². The molecule has 8 nitrogen and oxygen atoms in total. The molecule has 0 radical (unpaired) electrons. The van der Waals surface area contributed by atoms with Gasteiger partial charge in [0.05, 0.1) is 12.8 Å². The van der Waals surface area contributed by atoms with Crippen molar-refractivity contribution in [2.24, 2.45) is 9.50 Å². The van der Waals surface area contributed by atoms with Gasteiger partial charge in [-0.1, -0.05) is 26.0 Å². The normalized spacial score (nSPS) is 17.4. The lowest BCUT2D eigenvalue weighted by atomic mass is 9.95. The second-order valence-electron chi connectivity index (χ2n) is 7.50. The predicted molar refractivity (Wildman–Crippen MR) is 107 cm³/mol. The van der Waals surface area contributed by atoms with Gasteiger partial charge < -0.3 is 10.1 Å². The van der Waals surface area contributed by atoms with E-state index in [1.807, 2.05) is 6.07 Å². The number of aryl methyl sites for hydroxylation is 2. The molecule has 3 N–H and O–H groups in total. The summed E-state index contributed by atoms with van der Waals surface area (Å²) in [7, 11) is -3.47. The van der Waals surface area contributed by atoms with Crippen molar-refractivity contribution in [1.82, 2.24) is 9.78 Å². The summed E-state index contributed by atoms with van der Waals surface area (Å²) >= 11 is 0.